The van der Waals surface area contributed by atoms with Crippen molar-refractivity contribution in [1.82, 2.24) is 9.97 Å². The first kappa shape index (κ1) is 12.7. The third-order valence-corrected chi connectivity index (χ3v) is 3.53. The second kappa shape index (κ2) is 5.77. The molecule has 1 aromatic carbocycles. The lowest BCUT2D eigenvalue weighted by molar-refractivity contribution is 0.156. The van der Waals surface area contributed by atoms with Gasteiger partial charge in [0.1, 0.15) is 6.10 Å². The molecule has 1 fully saturated rings. The molecule has 5 nitrogen and oxygen atoms in total. The van der Waals surface area contributed by atoms with Crippen molar-refractivity contribution in [3.05, 3.63) is 42.7 Å². The van der Waals surface area contributed by atoms with E-state index in [4.69, 9.17) is 10.5 Å². The van der Waals surface area contributed by atoms with Gasteiger partial charge < -0.3 is 15.4 Å². The van der Waals surface area contributed by atoms with E-state index >= 15 is 0 Å². The molecule has 1 aromatic heterocycles. The molecule has 20 heavy (non-hydrogen) atoms. The van der Waals surface area contributed by atoms with Crippen LogP contribution in [-0.2, 0) is 0 Å². The molecule has 0 atom stereocenters. The monoisotopic (exact) mass is 270 g/mol. The molecule has 0 unspecified atom stereocenters. The Balaban J connectivity index is 1.59. The largest absolute Gasteiger partial charge is 0.460 e. The zero-order chi connectivity index (χ0) is 13.8. The maximum atomic E-state index is 6.02. The third-order valence-electron chi connectivity index (χ3n) is 3.53. The van der Waals surface area contributed by atoms with Gasteiger partial charge >= 0.3 is 6.01 Å². The SMILES string of the molecule is Nc1ccccc1N1CCC(Oc2ncccn2)CC1. The molecule has 3 rings (SSSR count). The van der Waals surface area contributed by atoms with Gasteiger partial charge in [0.25, 0.3) is 0 Å². The predicted molar refractivity (Wildman–Crippen MR) is 78.7 cm³/mol. The summed E-state index contributed by atoms with van der Waals surface area (Å²) in [6, 6.07) is 10.2. The van der Waals surface area contributed by atoms with Crippen molar-refractivity contribution in [3.63, 3.8) is 0 Å². The number of hydrogen-bond donors (Lipinski definition) is 1. The molecule has 0 amide bonds. The van der Waals surface area contributed by atoms with E-state index in [2.05, 4.69) is 20.9 Å². The van der Waals surface area contributed by atoms with Crippen LogP contribution in [0.25, 0.3) is 0 Å². The van der Waals surface area contributed by atoms with E-state index in [1.54, 1.807) is 18.5 Å². The Kier molecular flexibility index (Phi) is 3.67. The lowest BCUT2D eigenvalue weighted by Gasteiger charge is -2.33. The van der Waals surface area contributed by atoms with Crippen LogP contribution < -0.4 is 15.4 Å². The van der Waals surface area contributed by atoms with Crippen molar-refractivity contribution in [2.45, 2.75) is 18.9 Å². The van der Waals surface area contributed by atoms with Crippen LogP contribution in [0.5, 0.6) is 6.01 Å². The summed E-state index contributed by atoms with van der Waals surface area (Å²) in [5, 5.41) is 0. The molecule has 0 spiro atoms. The second-order valence-corrected chi connectivity index (χ2v) is 4.89. The highest BCUT2D eigenvalue weighted by Crippen LogP contribution is 2.26. The first-order valence-corrected chi connectivity index (χ1v) is 6.86. The number of hydrogen-bond acceptors (Lipinski definition) is 5. The number of rotatable bonds is 3. The van der Waals surface area contributed by atoms with Crippen molar-refractivity contribution >= 4 is 11.4 Å². The fraction of sp³-hybridized carbons (Fsp3) is 0.333. The van der Waals surface area contributed by atoms with Crippen LogP contribution in [0.4, 0.5) is 11.4 Å². The number of nitrogens with zero attached hydrogens (tertiary/aromatic N) is 3. The molecule has 0 bridgehead atoms. The van der Waals surface area contributed by atoms with Crippen molar-refractivity contribution < 1.29 is 4.74 Å². The summed E-state index contributed by atoms with van der Waals surface area (Å²) in [6.45, 7) is 1.87. The van der Waals surface area contributed by atoms with Gasteiger partial charge in [-0.05, 0) is 18.2 Å². The summed E-state index contributed by atoms with van der Waals surface area (Å²) in [7, 11) is 0. The average Bonchev–Trinajstić information content (AvgIpc) is 2.50. The van der Waals surface area contributed by atoms with Crippen LogP contribution >= 0.6 is 0 Å². The molecule has 0 radical (unpaired) electrons. The summed E-state index contributed by atoms with van der Waals surface area (Å²) in [6.07, 6.45) is 5.47. The van der Waals surface area contributed by atoms with Gasteiger partial charge in [-0.15, -0.1) is 0 Å². The summed E-state index contributed by atoms with van der Waals surface area (Å²) in [4.78, 5) is 10.5. The quantitative estimate of drug-likeness (QED) is 0.865. The number of anilines is 2. The molecule has 1 saturated heterocycles. The Bertz CT molecular complexity index is 553. The highest BCUT2D eigenvalue weighted by atomic mass is 16.5. The first-order valence-electron chi connectivity index (χ1n) is 6.86. The van der Waals surface area contributed by atoms with E-state index in [1.807, 2.05) is 18.2 Å². The number of nitrogen functional groups attached to an aromatic ring is 1. The summed E-state index contributed by atoms with van der Waals surface area (Å²) in [5.41, 5.74) is 7.96. The van der Waals surface area contributed by atoms with Gasteiger partial charge in [-0.25, -0.2) is 9.97 Å². The zero-order valence-corrected chi connectivity index (χ0v) is 11.3. The minimum atomic E-state index is 0.179. The smallest absolute Gasteiger partial charge is 0.316 e. The van der Waals surface area contributed by atoms with Gasteiger partial charge in [0.05, 0.1) is 11.4 Å². The van der Waals surface area contributed by atoms with Crippen LogP contribution in [0, 0.1) is 0 Å². The zero-order valence-electron chi connectivity index (χ0n) is 11.3. The number of para-hydroxylation sites is 2. The van der Waals surface area contributed by atoms with Crippen molar-refractivity contribution in [1.29, 1.82) is 0 Å². The highest BCUT2D eigenvalue weighted by Gasteiger charge is 2.22. The minimum Gasteiger partial charge on any atom is -0.460 e. The molecule has 2 N–H and O–H groups in total. The van der Waals surface area contributed by atoms with E-state index in [0.717, 1.165) is 37.3 Å². The molecule has 0 aliphatic carbocycles. The van der Waals surface area contributed by atoms with Crippen LogP contribution in [-0.4, -0.2) is 29.2 Å². The lowest BCUT2D eigenvalue weighted by Crippen LogP contribution is -2.38. The summed E-state index contributed by atoms with van der Waals surface area (Å²) >= 11 is 0. The maximum absolute atomic E-state index is 6.02. The second-order valence-electron chi connectivity index (χ2n) is 4.89. The molecule has 5 heteroatoms. The van der Waals surface area contributed by atoms with Gasteiger partial charge in [0.2, 0.25) is 0 Å². The average molecular weight is 270 g/mol. The van der Waals surface area contributed by atoms with E-state index in [1.165, 1.54) is 0 Å². The first-order chi connectivity index (χ1) is 9.83. The number of benzene rings is 1. The topological polar surface area (TPSA) is 64.3 Å². The predicted octanol–water partition coefficient (Wildman–Crippen LogP) is 2.11. The van der Waals surface area contributed by atoms with Gasteiger partial charge in [0, 0.05) is 38.3 Å². The molecule has 0 saturated carbocycles. The fourth-order valence-corrected chi connectivity index (χ4v) is 2.49. The normalized spacial score (nSPS) is 16.1. The Morgan fingerprint density at radius 3 is 2.45 bits per heavy atom. The van der Waals surface area contributed by atoms with Crippen molar-refractivity contribution in [2.24, 2.45) is 0 Å². The van der Waals surface area contributed by atoms with E-state index in [0.29, 0.717) is 6.01 Å². The molecular weight excluding hydrogens is 252 g/mol. The van der Waals surface area contributed by atoms with Crippen molar-refractivity contribution in [3.8, 4) is 6.01 Å². The third kappa shape index (κ3) is 2.82. The molecule has 1 aliphatic heterocycles. The van der Waals surface area contributed by atoms with Crippen molar-refractivity contribution in [2.75, 3.05) is 23.7 Å². The fourth-order valence-electron chi connectivity index (χ4n) is 2.49. The highest BCUT2D eigenvalue weighted by molar-refractivity contribution is 5.67. The van der Waals surface area contributed by atoms with E-state index < -0.39 is 0 Å². The Labute approximate surface area is 118 Å². The van der Waals surface area contributed by atoms with Crippen LogP contribution in [0.15, 0.2) is 42.7 Å². The molecule has 2 heterocycles. The Morgan fingerprint density at radius 1 is 1.05 bits per heavy atom. The number of aromatic nitrogens is 2. The van der Waals surface area contributed by atoms with Gasteiger partial charge in [-0.3, -0.25) is 0 Å². The Morgan fingerprint density at radius 2 is 1.75 bits per heavy atom. The Hall–Kier alpha value is -2.30. The standard InChI is InChI=1S/C15H18N4O/c16-13-4-1-2-5-14(13)19-10-6-12(7-11-19)20-15-17-8-3-9-18-15/h1-5,8-9,12H,6-7,10-11,16H2. The minimum absolute atomic E-state index is 0.179. The molecular formula is C15H18N4O. The van der Waals surface area contributed by atoms with Crippen LogP contribution in [0.1, 0.15) is 12.8 Å². The van der Waals surface area contributed by atoms with Gasteiger partial charge in [0.15, 0.2) is 0 Å². The summed E-state index contributed by atoms with van der Waals surface area (Å²) in [5.74, 6) is 0. The lowest BCUT2D eigenvalue weighted by atomic mass is 10.1. The summed E-state index contributed by atoms with van der Waals surface area (Å²) < 4.78 is 5.79. The number of piperidine rings is 1. The maximum Gasteiger partial charge on any atom is 0.316 e. The van der Waals surface area contributed by atoms with Crippen LogP contribution in [0.3, 0.4) is 0 Å². The van der Waals surface area contributed by atoms with Gasteiger partial charge in [-0.2, -0.15) is 0 Å². The molecule has 2 aromatic rings. The van der Waals surface area contributed by atoms with E-state index in [9.17, 15) is 0 Å². The number of ether oxygens (including phenoxy) is 1. The molecule has 1 aliphatic rings. The van der Waals surface area contributed by atoms with Gasteiger partial charge in [-0.1, -0.05) is 12.1 Å². The molecule has 104 valence electrons. The number of nitrogens with two attached hydrogens (primary N) is 1. The van der Waals surface area contributed by atoms with Crippen LogP contribution in [0.2, 0.25) is 0 Å². The van der Waals surface area contributed by atoms with E-state index in [-0.39, 0.29) is 6.10 Å².